The summed E-state index contributed by atoms with van der Waals surface area (Å²) in [6.07, 6.45) is 10.8. The zero-order chi connectivity index (χ0) is 20.4. The predicted octanol–water partition coefficient (Wildman–Crippen LogP) is 4.36. The molecular weight excluding hydrogens is 382 g/mol. The van der Waals surface area contributed by atoms with Gasteiger partial charge in [-0.1, -0.05) is 37.9 Å². The van der Waals surface area contributed by atoms with Gasteiger partial charge in [-0.3, -0.25) is 4.79 Å². The summed E-state index contributed by atoms with van der Waals surface area (Å²) in [6, 6.07) is 0.465. The van der Waals surface area contributed by atoms with E-state index in [1.54, 1.807) is 0 Å². The number of likely N-dealkylation sites (tertiary alicyclic amines) is 1. The first-order valence-corrected chi connectivity index (χ1v) is 12.2. The highest BCUT2D eigenvalue weighted by atomic mass is 32.2. The highest BCUT2D eigenvalue weighted by Crippen LogP contribution is 2.35. The average Bonchev–Trinajstić information content (AvgIpc) is 3.14. The van der Waals surface area contributed by atoms with Crippen molar-refractivity contribution in [2.45, 2.75) is 89.8 Å². The Morgan fingerprint density at radius 1 is 1.14 bits per heavy atom. The van der Waals surface area contributed by atoms with E-state index in [1.807, 2.05) is 4.52 Å². The van der Waals surface area contributed by atoms with Crippen LogP contribution in [-0.4, -0.2) is 48.7 Å². The van der Waals surface area contributed by atoms with Gasteiger partial charge in [0.25, 0.3) is 5.78 Å². The second-order valence-electron chi connectivity index (χ2n) is 8.60. The summed E-state index contributed by atoms with van der Waals surface area (Å²) in [5.74, 6) is 2.02. The van der Waals surface area contributed by atoms with E-state index in [2.05, 4.69) is 40.7 Å². The second kappa shape index (κ2) is 9.02. The molecule has 1 saturated heterocycles. The summed E-state index contributed by atoms with van der Waals surface area (Å²) in [6.45, 7) is 7.27. The molecule has 1 aliphatic heterocycles. The largest absolute Gasteiger partial charge is 0.339 e. The molecule has 2 aliphatic rings. The van der Waals surface area contributed by atoms with E-state index in [1.165, 1.54) is 49.4 Å². The van der Waals surface area contributed by atoms with Gasteiger partial charge in [-0.2, -0.15) is 4.98 Å². The average molecular weight is 416 g/mol. The molecule has 1 saturated carbocycles. The van der Waals surface area contributed by atoms with Gasteiger partial charge >= 0.3 is 0 Å². The maximum atomic E-state index is 13.0. The van der Waals surface area contributed by atoms with Crippen LogP contribution in [0.4, 0.5) is 0 Å². The van der Waals surface area contributed by atoms with Crippen LogP contribution in [0.5, 0.6) is 0 Å². The van der Waals surface area contributed by atoms with Crippen molar-refractivity contribution in [3.8, 4) is 0 Å². The summed E-state index contributed by atoms with van der Waals surface area (Å²) < 4.78 is 1.85. The number of nitrogens with zero attached hydrogens (tertiary/aromatic N) is 5. The molecule has 0 radical (unpaired) electrons. The number of fused-ring (bicyclic) bond motifs is 2. The number of hydrogen-bond acceptors (Lipinski definition) is 5. The normalized spacial score (nSPS) is 22.1. The molecule has 4 rings (SSSR count). The minimum Gasteiger partial charge on any atom is -0.339 e. The molecule has 7 heteroatoms. The van der Waals surface area contributed by atoms with Crippen molar-refractivity contribution in [3.05, 3.63) is 17.0 Å². The molecule has 0 bridgehead atoms. The molecule has 29 heavy (non-hydrogen) atoms. The van der Waals surface area contributed by atoms with Crippen LogP contribution >= 0.6 is 11.8 Å². The predicted molar refractivity (Wildman–Crippen MR) is 116 cm³/mol. The highest BCUT2D eigenvalue weighted by Gasteiger charge is 2.35. The van der Waals surface area contributed by atoms with E-state index in [0.29, 0.717) is 22.7 Å². The SMILES string of the molecule is CCCCc1c(C)nc2nc(SCC(=O)N3CCCC4CCCCC43)nn2c1C. The first-order chi connectivity index (χ1) is 14.1. The van der Waals surface area contributed by atoms with Crippen molar-refractivity contribution in [1.29, 1.82) is 0 Å². The van der Waals surface area contributed by atoms with Crippen LogP contribution < -0.4 is 0 Å². The van der Waals surface area contributed by atoms with Gasteiger partial charge in [0.2, 0.25) is 11.1 Å². The lowest BCUT2D eigenvalue weighted by atomic mass is 9.78. The Labute approximate surface area is 177 Å². The Balaban J connectivity index is 1.45. The third-order valence-electron chi connectivity index (χ3n) is 6.70. The highest BCUT2D eigenvalue weighted by molar-refractivity contribution is 7.99. The van der Waals surface area contributed by atoms with Crippen LogP contribution in [-0.2, 0) is 11.2 Å². The quantitative estimate of drug-likeness (QED) is 0.656. The third-order valence-corrected chi connectivity index (χ3v) is 7.52. The Kier molecular flexibility index (Phi) is 6.42. The number of aromatic nitrogens is 4. The molecule has 1 amide bonds. The lowest BCUT2D eigenvalue weighted by Gasteiger charge is -2.44. The molecule has 158 valence electrons. The number of hydrogen-bond donors (Lipinski definition) is 0. The minimum absolute atomic E-state index is 0.245. The minimum atomic E-state index is 0.245. The molecule has 0 spiro atoms. The molecule has 2 aromatic rings. The zero-order valence-electron chi connectivity index (χ0n) is 18.0. The maximum absolute atomic E-state index is 13.0. The summed E-state index contributed by atoms with van der Waals surface area (Å²) >= 11 is 1.45. The van der Waals surface area contributed by atoms with Crippen LogP contribution in [0.25, 0.3) is 5.78 Å². The van der Waals surface area contributed by atoms with E-state index >= 15 is 0 Å². The monoisotopic (exact) mass is 415 g/mol. The number of carbonyl (C=O) groups is 1. The van der Waals surface area contributed by atoms with Crippen molar-refractivity contribution in [1.82, 2.24) is 24.5 Å². The van der Waals surface area contributed by atoms with Gasteiger partial charge in [-0.05, 0) is 63.9 Å². The number of unbranched alkanes of at least 4 members (excludes halogenated alkanes) is 1. The van der Waals surface area contributed by atoms with E-state index in [0.717, 1.165) is 49.5 Å². The molecule has 2 fully saturated rings. The van der Waals surface area contributed by atoms with Crippen molar-refractivity contribution < 1.29 is 4.79 Å². The number of carbonyl (C=O) groups excluding carboxylic acids is 1. The van der Waals surface area contributed by atoms with Gasteiger partial charge in [0.15, 0.2) is 0 Å². The van der Waals surface area contributed by atoms with Crippen LogP contribution in [0.1, 0.15) is 75.2 Å². The van der Waals surface area contributed by atoms with E-state index in [4.69, 9.17) is 0 Å². The molecule has 1 aliphatic carbocycles. The lowest BCUT2D eigenvalue weighted by molar-refractivity contribution is -0.134. The molecule has 2 aromatic heterocycles. The number of thioether (sulfide) groups is 1. The van der Waals surface area contributed by atoms with Crippen LogP contribution in [0, 0.1) is 19.8 Å². The number of piperidine rings is 1. The summed E-state index contributed by atoms with van der Waals surface area (Å²) in [4.78, 5) is 24.4. The second-order valence-corrected chi connectivity index (χ2v) is 9.54. The van der Waals surface area contributed by atoms with Crippen LogP contribution in [0.15, 0.2) is 5.16 Å². The summed E-state index contributed by atoms with van der Waals surface area (Å²) in [5, 5.41) is 5.31. The molecule has 6 nitrogen and oxygen atoms in total. The van der Waals surface area contributed by atoms with Gasteiger partial charge < -0.3 is 4.90 Å². The zero-order valence-corrected chi connectivity index (χ0v) is 18.8. The van der Waals surface area contributed by atoms with Crippen LogP contribution in [0.3, 0.4) is 0 Å². The van der Waals surface area contributed by atoms with Gasteiger partial charge in [0, 0.05) is 24.0 Å². The summed E-state index contributed by atoms with van der Waals surface area (Å²) in [5.41, 5.74) is 3.43. The van der Waals surface area contributed by atoms with Gasteiger partial charge in [-0.25, -0.2) is 9.50 Å². The number of rotatable bonds is 6. The van der Waals surface area contributed by atoms with Crippen molar-refractivity contribution in [3.63, 3.8) is 0 Å². The topological polar surface area (TPSA) is 63.4 Å². The van der Waals surface area contributed by atoms with E-state index in [9.17, 15) is 4.79 Å². The van der Waals surface area contributed by atoms with Gasteiger partial charge in [-0.15, -0.1) is 5.10 Å². The number of aryl methyl sites for hydroxylation is 2. The molecular formula is C22H33N5OS. The van der Waals surface area contributed by atoms with Gasteiger partial charge in [0.05, 0.1) is 5.75 Å². The van der Waals surface area contributed by atoms with Crippen molar-refractivity contribution in [2.75, 3.05) is 12.3 Å². The first kappa shape index (κ1) is 20.6. The number of amides is 1. The lowest BCUT2D eigenvalue weighted by Crippen LogP contribution is -2.50. The Morgan fingerprint density at radius 2 is 1.93 bits per heavy atom. The molecule has 0 N–H and O–H groups in total. The van der Waals surface area contributed by atoms with Gasteiger partial charge in [0.1, 0.15) is 0 Å². The standard InChI is InChI=1S/C22H33N5OS/c1-4-5-11-18-15(2)23-21-24-22(25-27(21)16(18)3)29-14-20(28)26-13-8-10-17-9-6-7-12-19(17)26/h17,19H,4-14H2,1-3H3. The summed E-state index contributed by atoms with van der Waals surface area (Å²) in [7, 11) is 0. The van der Waals surface area contributed by atoms with E-state index < -0.39 is 0 Å². The Bertz CT molecular complexity index is 878. The van der Waals surface area contributed by atoms with Crippen molar-refractivity contribution in [2.24, 2.45) is 5.92 Å². The fourth-order valence-corrected chi connectivity index (χ4v) is 5.81. The van der Waals surface area contributed by atoms with E-state index in [-0.39, 0.29) is 5.91 Å². The fourth-order valence-electron chi connectivity index (χ4n) is 5.11. The van der Waals surface area contributed by atoms with Crippen molar-refractivity contribution >= 4 is 23.4 Å². The third kappa shape index (κ3) is 4.30. The molecule has 2 atom stereocenters. The molecule has 3 heterocycles. The molecule has 2 unspecified atom stereocenters. The smallest absolute Gasteiger partial charge is 0.253 e. The maximum Gasteiger partial charge on any atom is 0.253 e. The van der Waals surface area contributed by atoms with Crippen LogP contribution in [0.2, 0.25) is 0 Å². The first-order valence-electron chi connectivity index (χ1n) is 11.2. The fraction of sp³-hybridized carbons (Fsp3) is 0.727. The Hall–Kier alpha value is -1.63. The molecule has 0 aromatic carbocycles. The Morgan fingerprint density at radius 3 is 2.76 bits per heavy atom.